The van der Waals surface area contributed by atoms with Gasteiger partial charge in [-0.1, -0.05) is 44.2 Å². The zero-order chi connectivity index (χ0) is 19.9. The molecule has 1 saturated heterocycles. The van der Waals surface area contributed by atoms with Crippen LogP contribution in [-0.4, -0.2) is 36.6 Å². The van der Waals surface area contributed by atoms with Crippen LogP contribution >= 0.6 is 11.3 Å². The minimum atomic E-state index is -0.270. The first-order chi connectivity index (χ1) is 13.5. The van der Waals surface area contributed by atoms with E-state index < -0.39 is 0 Å². The number of carbonyl (C=O) groups excluding carboxylic acids is 2. The quantitative estimate of drug-likeness (QED) is 0.779. The van der Waals surface area contributed by atoms with E-state index >= 15 is 0 Å². The number of piperidine rings is 1. The van der Waals surface area contributed by atoms with Crippen LogP contribution in [0.4, 0.5) is 4.79 Å². The van der Waals surface area contributed by atoms with Gasteiger partial charge in [-0.25, -0.2) is 4.79 Å². The summed E-state index contributed by atoms with van der Waals surface area (Å²) in [5, 5.41) is 7.32. The second-order valence-electron chi connectivity index (χ2n) is 7.64. The number of nitrogens with zero attached hydrogens (tertiary/aromatic N) is 1. The van der Waals surface area contributed by atoms with Gasteiger partial charge < -0.3 is 15.0 Å². The molecule has 3 rings (SSSR count). The molecule has 0 aliphatic carbocycles. The Bertz CT molecular complexity index is 753. The lowest BCUT2D eigenvalue weighted by molar-refractivity contribution is -0.126. The molecule has 1 N–H and O–H groups in total. The van der Waals surface area contributed by atoms with E-state index in [1.165, 1.54) is 0 Å². The van der Waals surface area contributed by atoms with Gasteiger partial charge in [0.15, 0.2) is 0 Å². The zero-order valence-electron chi connectivity index (χ0n) is 16.5. The highest BCUT2D eigenvalue weighted by atomic mass is 32.1. The Morgan fingerprint density at radius 1 is 1.14 bits per heavy atom. The van der Waals surface area contributed by atoms with Crippen LogP contribution in [0.1, 0.15) is 43.9 Å². The number of hydrogen-bond donors (Lipinski definition) is 1. The molecule has 2 aromatic rings. The van der Waals surface area contributed by atoms with Gasteiger partial charge in [-0.15, -0.1) is 0 Å². The van der Waals surface area contributed by atoms with Crippen molar-refractivity contribution in [1.82, 2.24) is 10.2 Å². The van der Waals surface area contributed by atoms with Crippen molar-refractivity contribution in [2.24, 2.45) is 11.8 Å². The smallest absolute Gasteiger partial charge is 0.409 e. The van der Waals surface area contributed by atoms with Crippen molar-refractivity contribution < 1.29 is 14.3 Å². The Morgan fingerprint density at radius 2 is 1.86 bits per heavy atom. The second kappa shape index (κ2) is 9.73. The first-order valence-electron chi connectivity index (χ1n) is 9.83. The molecule has 28 heavy (non-hydrogen) atoms. The normalized spacial score (nSPS) is 16.0. The molecular formula is C22H28N2O3S. The highest BCUT2D eigenvalue weighted by Crippen LogP contribution is 2.26. The monoisotopic (exact) mass is 400 g/mol. The van der Waals surface area contributed by atoms with Crippen molar-refractivity contribution in [3.05, 3.63) is 58.3 Å². The average molecular weight is 401 g/mol. The van der Waals surface area contributed by atoms with Crippen molar-refractivity contribution in [2.75, 3.05) is 19.7 Å². The number of benzene rings is 1. The maximum atomic E-state index is 12.9. The van der Waals surface area contributed by atoms with E-state index in [1.807, 2.05) is 49.6 Å². The predicted molar refractivity (Wildman–Crippen MR) is 111 cm³/mol. The predicted octanol–water partition coefficient (Wildman–Crippen LogP) is 4.46. The molecule has 1 aliphatic rings. The highest BCUT2D eigenvalue weighted by Gasteiger charge is 2.29. The van der Waals surface area contributed by atoms with Crippen molar-refractivity contribution in [2.45, 2.75) is 32.7 Å². The Kier molecular flexibility index (Phi) is 7.09. The summed E-state index contributed by atoms with van der Waals surface area (Å²) in [5.74, 6) is 0.286. The van der Waals surface area contributed by atoms with E-state index in [2.05, 4.69) is 16.8 Å². The van der Waals surface area contributed by atoms with Crippen molar-refractivity contribution in [1.29, 1.82) is 0 Å². The number of carbonyl (C=O) groups is 2. The lowest BCUT2D eigenvalue weighted by Gasteiger charge is -2.31. The molecule has 1 fully saturated rings. The minimum Gasteiger partial charge on any atom is -0.449 e. The van der Waals surface area contributed by atoms with Gasteiger partial charge >= 0.3 is 6.09 Å². The second-order valence-corrected chi connectivity index (χ2v) is 8.42. The van der Waals surface area contributed by atoms with Crippen molar-refractivity contribution >= 4 is 23.3 Å². The number of amides is 2. The Labute approximate surface area is 170 Å². The topological polar surface area (TPSA) is 58.6 Å². The van der Waals surface area contributed by atoms with Gasteiger partial charge in [0.1, 0.15) is 0 Å². The molecule has 6 heteroatoms. The molecule has 1 aromatic heterocycles. The van der Waals surface area contributed by atoms with Gasteiger partial charge in [0.2, 0.25) is 5.91 Å². The summed E-state index contributed by atoms with van der Waals surface area (Å²) in [6.07, 6.45) is 1.05. The minimum absolute atomic E-state index is 0.0512. The molecule has 0 bridgehead atoms. The van der Waals surface area contributed by atoms with Gasteiger partial charge in [-0.3, -0.25) is 4.79 Å². The number of ether oxygens (including phenoxy) is 1. The van der Waals surface area contributed by atoms with Gasteiger partial charge in [-0.05, 0) is 46.7 Å². The fourth-order valence-corrected chi connectivity index (χ4v) is 4.04. The van der Waals surface area contributed by atoms with E-state index in [0.29, 0.717) is 38.5 Å². The maximum Gasteiger partial charge on any atom is 0.409 e. The van der Waals surface area contributed by atoms with E-state index in [-0.39, 0.29) is 24.0 Å². The number of hydrogen-bond acceptors (Lipinski definition) is 4. The van der Waals surface area contributed by atoms with Crippen LogP contribution in [0.15, 0.2) is 47.2 Å². The molecule has 1 aliphatic heterocycles. The van der Waals surface area contributed by atoms with Crippen LogP contribution in [0.2, 0.25) is 0 Å². The summed E-state index contributed by atoms with van der Waals surface area (Å²) < 4.78 is 5.30. The maximum absolute atomic E-state index is 12.9. The summed E-state index contributed by atoms with van der Waals surface area (Å²) in [7, 11) is 0. The summed E-state index contributed by atoms with van der Waals surface area (Å²) in [5.41, 5.74) is 2.17. The van der Waals surface area contributed by atoms with Gasteiger partial charge in [-0.2, -0.15) is 11.3 Å². The lowest BCUT2D eigenvalue weighted by atomic mass is 9.94. The molecule has 1 atom stereocenters. The number of rotatable bonds is 6. The zero-order valence-corrected chi connectivity index (χ0v) is 17.3. The number of thiophene rings is 1. The molecule has 2 amide bonds. The largest absolute Gasteiger partial charge is 0.449 e. The summed E-state index contributed by atoms with van der Waals surface area (Å²) >= 11 is 1.63. The van der Waals surface area contributed by atoms with Crippen LogP contribution in [0, 0.1) is 11.8 Å². The SMILES string of the molecule is CC(C)COC(=O)N1CCC(C(=O)NC(c2ccccc2)c2ccsc2)CC1. The van der Waals surface area contributed by atoms with Gasteiger partial charge in [0.05, 0.1) is 12.6 Å². The van der Waals surface area contributed by atoms with E-state index in [9.17, 15) is 9.59 Å². The molecule has 5 nitrogen and oxygen atoms in total. The average Bonchev–Trinajstić information content (AvgIpc) is 3.25. The number of nitrogens with one attached hydrogen (secondary N) is 1. The van der Waals surface area contributed by atoms with Crippen LogP contribution in [-0.2, 0) is 9.53 Å². The van der Waals surface area contributed by atoms with Gasteiger partial charge in [0.25, 0.3) is 0 Å². The van der Waals surface area contributed by atoms with Gasteiger partial charge in [0, 0.05) is 19.0 Å². The van der Waals surface area contributed by atoms with Crippen LogP contribution in [0.3, 0.4) is 0 Å². The summed E-state index contributed by atoms with van der Waals surface area (Å²) in [6.45, 7) is 5.58. The van der Waals surface area contributed by atoms with Crippen LogP contribution in [0.5, 0.6) is 0 Å². The summed E-state index contributed by atoms with van der Waals surface area (Å²) in [6, 6.07) is 11.9. The fraction of sp³-hybridized carbons (Fsp3) is 0.455. The molecule has 0 spiro atoms. The Morgan fingerprint density at radius 3 is 2.46 bits per heavy atom. The third kappa shape index (κ3) is 5.35. The highest BCUT2D eigenvalue weighted by molar-refractivity contribution is 7.08. The van der Waals surface area contributed by atoms with E-state index in [1.54, 1.807) is 16.2 Å². The Balaban J connectivity index is 1.58. The van der Waals surface area contributed by atoms with E-state index in [4.69, 9.17) is 4.74 Å². The standard InChI is InChI=1S/C22H28N2O3S/c1-16(2)14-27-22(26)24-11-8-18(9-12-24)21(25)23-20(19-10-13-28-15-19)17-6-4-3-5-7-17/h3-7,10,13,15-16,18,20H,8-9,11-12,14H2,1-2H3,(H,23,25). The molecule has 150 valence electrons. The molecular weight excluding hydrogens is 372 g/mol. The van der Waals surface area contributed by atoms with Crippen LogP contribution < -0.4 is 5.32 Å². The summed E-state index contributed by atoms with van der Waals surface area (Å²) in [4.78, 5) is 26.7. The van der Waals surface area contributed by atoms with Crippen molar-refractivity contribution in [3.63, 3.8) is 0 Å². The van der Waals surface area contributed by atoms with E-state index in [0.717, 1.165) is 11.1 Å². The first-order valence-corrected chi connectivity index (χ1v) is 10.8. The fourth-order valence-electron chi connectivity index (χ4n) is 3.36. The molecule has 2 heterocycles. The van der Waals surface area contributed by atoms with Crippen LogP contribution in [0.25, 0.3) is 0 Å². The molecule has 0 radical (unpaired) electrons. The first kappa shape index (κ1) is 20.4. The number of likely N-dealkylation sites (tertiary alicyclic amines) is 1. The third-order valence-electron chi connectivity index (χ3n) is 4.96. The van der Waals surface area contributed by atoms with Crippen molar-refractivity contribution in [3.8, 4) is 0 Å². The molecule has 0 saturated carbocycles. The lowest BCUT2D eigenvalue weighted by Crippen LogP contribution is -2.44. The molecule has 1 aromatic carbocycles. The molecule has 1 unspecified atom stereocenters. The third-order valence-corrected chi connectivity index (χ3v) is 5.66. The Hall–Kier alpha value is -2.34.